The van der Waals surface area contributed by atoms with E-state index in [9.17, 15) is 14.4 Å². The highest BCUT2D eigenvalue weighted by atomic mass is 32.2. The third kappa shape index (κ3) is 12.3. The molecule has 6 atom stereocenters. The van der Waals surface area contributed by atoms with Crippen LogP contribution in [0.3, 0.4) is 0 Å². The SMILES string of the molecule is CSCC[C@@](C[C@H]1OC(C)(C)O[C@H](C)[C@@H]1NC(=O)OC(C)(C)C)(C(=O)N[C@@H](C)c1ccccc1)N(C(=O)CCC(C)C)C(=O)[C@H](N)C(C)C. The molecule has 0 radical (unpaired) electrons. The summed E-state index contributed by atoms with van der Waals surface area (Å²) in [5.41, 5.74) is 4.87. The van der Waals surface area contributed by atoms with Crippen molar-refractivity contribution in [1.82, 2.24) is 15.5 Å². The second-order valence-corrected chi connectivity index (χ2v) is 16.4. The molecule has 1 aliphatic rings. The van der Waals surface area contributed by atoms with E-state index in [0.29, 0.717) is 12.2 Å². The van der Waals surface area contributed by atoms with E-state index in [0.717, 1.165) is 10.5 Å². The number of nitrogens with one attached hydrogen (secondary N) is 2. The molecule has 49 heavy (non-hydrogen) atoms. The number of alkyl carbamates (subject to hydrolysis) is 1. The molecule has 2 rings (SSSR count). The monoisotopic (exact) mass is 706 g/mol. The Morgan fingerprint density at radius 2 is 1.65 bits per heavy atom. The summed E-state index contributed by atoms with van der Waals surface area (Å²) in [4.78, 5) is 58.3. The van der Waals surface area contributed by atoms with Crippen molar-refractivity contribution in [1.29, 1.82) is 0 Å². The lowest BCUT2D eigenvalue weighted by Crippen LogP contribution is -2.69. The maximum Gasteiger partial charge on any atom is 0.408 e. The fraction of sp³-hybridized carbons (Fsp3) is 0.730. The number of benzene rings is 1. The summed E-state index contributed by atoms with van der Waals surface area (Å²) < 4.78 is 18.3. The standard InChI is InChI=1S/C37H62N4O7S/c1-23(2)18-19-29(42)41(32(43)30(38)24(3)4)37(20-21-49-12,33(44)39-25(5)27-16-14-13-15-17-27)22-28-31(26(6)46-36(10,11)47-28)40-34(45)48-35(7,8)9/h13-17,23-26,28,30-31H,18-22,38H2,1-12H3,(H,39,44)(H,40,45)/t25-,26+,28+,30+,31-,37+/m0/s1. The highest BCUT2D eigenvalue weighted by Gasteiger charge is 2.55. The number of carbonyl (C=O) groups is 4. The summed E-state index contributed by atoms with van der Waals surface area (Å²) >= 11 is 1.50. The highest BCUT2D eigenvalue weighted by Crippen LogP contribution is 2.38. The molecule has 278 valence electrons. The Hall–Kier alpha value is -2.67. The van der Waals surface area contributed by atoms with Gasteiger partial charge < -0.3 is 30.6 Å². The lowest BCUT2D eigenvalue weighted by molar-refractivity contribution is -0.309. The van der Waals surface area contributed by atoms with Crippen LogP contribution in [0.4, 0.5) is 4.79 Å². The van der Waals surface area contributed by atoms with Gasteiger partial charge in [-0.1, -0.05) is 58.0 Å². The molecule has 11 nitrogen and oxygen atoms in total. The first-order chi connectivity index (χ1) is 22.6. The van der Waals surface area contributed by atoms with Crippen LogP contribution in [0.15, 0.2) is 30.3 Å². The van der Waals surface area contributed by atoms with E-state index in [1.807, 2.05) is 78.1 Å². The van der Waals surface area contributed by atoms with Gasteiger partial charge in [-0.05, 0) is 90.7 Å². The third-order valence-electron chi connectivity index (χ3n) is 8.66. The van der Waals surface area contributed by atoms with E-state index in [4.69, 9.17) is 19.9 Å². The molecule has 1 aromatic rings. The lowest BCUT2D eigenvalue weighted by Gasteiger charge is -2.50. The molecule has 0 bridgehead atoms. The van der Waals surface area contributed by atoms with Gasteiger partial charge in [0.05, 0.1) is 30.3 Å². The van der Waals surface area contributed by atoms with Crippen LogP contribution in [0.1, 0.15) is 113 Å². The molecule has 0 aliphatic carbocycles. The zero-order valence-corrected chi connectivity index (χ0v) is 32.6. The third-order valence-corrected chi connectivity index (χ3v) is 9.27. The topological polar surface area (TPSA) is 149 Å². The largest absolute Gasteiger partial charge is 0.444 e. The Balaban J connectivity index is 2.85. The van der Waals surface area contributed by atoms with Crippen molar-refractivity contribution in [2.45, 2.75) is 149 Å². The fourth-order valence-corrected chi connectivity index (χ4v) is 6.56. The normalized spacial score (nSPS) is 21.7. The number of ether oxygens (including phenoxy) is 3. The number of rotatable bonds is 15. The first-order valence-electron chi connectivity index (χ1n) is 17.5. The van der Waals surface area contributed by atoms with E-state index in [-0.39, 0.29) is 31.1 Å². The van der Waals surface area contributed by atoms with Crippen molar-refractivity contribution in [3.63, 3.8) is 0 Å². The average Bonchev–Trinajstić information content (AvgIpc) is 2.98. The number of hydrogen-bond donors (Lipinski definition) is 3. The minimum atomic E-state index is -1.74. The lowest BCUT2D eigenvalue weighted by atomic mass is 9.81. The first-order valence-corrected chi connectivity index (χ1v) is 18.9. The van der Waals surface area contributed by atoms with Gasteiger partial charge in [0.15, 0.2) is 5.79 Å². The molecule has 12 heteroatoms. The molecular formula is C37H62N4O7S. The second-order valence-electron chi connectivity index (χ2n) is 15.4. The number of nitrogens with two attached hydrogens (primary N) is 1. The number of carbonyl (C=O) groups excluding carboxylic acids is 4. The van der Waals surface area contributed by atoms with Gasteiger partial charge in [-0.3, -0.25) is 19.3 Å². The molecule has 4 amide bonds. The minimum absolute atomic E-state index is 0.0485. The van der Waals surface area contributed by atoms with Crippen LogP contribution in [0.5, 0.6) is 0 Å². The molecule has 1 heterocycles. The summed E-state index contributed by atoms with van der Waals surface area (Å²) in [7, 11) is 0. The van der Waals surface area contributed by atoms with Gasteiger partial charge in [-0.25, -0.2) is 4.79 Å². The van der Waals surface area contributed by atoms with Gasteiger partial charge in [0, 0.05) is 12.8 Å². The molecule has 1 fully saturated rings. The molecule has 0 unspecified atom stereocenters. The highest BCUT2D eigenvalue weighted by molar-refractivity contribution is 7.98. The predicted octanol–water partition coefficient (Wildman–Crippen LogP) is 5.95. The van der Waals surface area contributed by atoms with Gasteiger partial charge in [0.2, 0.25) is 17.7 Å². The van der Waals surface area contributed by atoms with Crippen LogP contribution in [0, 0.1) is 11.8 Å². The predicted molar refractivity (Wildman–Crippen MR) is 195 cm³/mol. The molecule has 0 aromatic heterocycles. The van der Waals surface area contributed by atoms with Gasteiger partial charge in [0.25, 0.3) is 0 Å². The van der Waals surface area contributed by atoms with Gasteiger partial charge in [0.1, 0.15) is 11.1 Å². The Labute approximate surface area is 298 Å². The van der Waals surface area contributed by atoms with Crippen LogP contribution in [0.25, 0.3) is 0 Å². The van der Waals surface area contributed by atoms with Gasteiger partial charge in [-0.2, -0.15) is 11.8 Å². The Bertz CT molecular complexity index is 1250. The summed E-state index contributed by atoms with van der Waals surface area (Å²) in [5, 5.41) is 6.06. The van der Waals surface area contributed by atoms with Crippen LogP contribution >= 0.6 is 11.8 Å². The first kappa shape index (κ1) is 42.5. The second kappa shape index (κ2) is 18.0. The smallest absolute Gasteiger partial charge is 0.408 e. The van der Waals surface area contributed by atoms with E-state index in [1.165, 1.54) is 11.8 Å². The molecule has 0 saturated carbocycles. The van der Waals surface area contributed by atoms with Crippen molar-refractivity contribution < 1.29 is 33.4 Å². The van der Waals surface area contributed by atoms with Crippen LogP contribution in [-0.2, 0) is 28.6 Å². The summed E-state index contributed by atoms with van der Waals surface area (Å²) in [6.07, 6.45) is 0.334. The van der Waals surface area contributed by atoms with Crippen LogP contribution in [-0.4, -0.2) is 81.9 Å². The van der Waals surface area contributed by atoms with Crippen molar-refractivity contribution in [3.05, 3.63) is 35.9 Å². The molecule has 1 aliphatic heterocycles. The van der Waals surface area contributed by atoms with E-state index in [2.05, 4.69) is 10.6 Å². The van der Waals surface area contributed by atoms with Crippen LogP contribution < -0.4 is 16.4 Å². The summed E-state index contributed by atoms with van der Waals surface area (Å²) in [6.45, 7) is 20.1. The minimum Gasteiger partial charge on any atom is -0.444 e. The number of thioether (sulfide) groups is 1. The number of nitrogens with zero attached hydrogens (tertiary/aromatic N) is 1. The number of amides is 4. The quantitative estimate of drug-likeness (QED) is 0.201. The zero-order chi connectivity index (χ0) is 37.3. The van der Waals surface area contributed by atoms with Crippen molar-refractivity contribution >= 4 is 35.6 Å². The fourth-order valence-electron chi connectivity index (χ4n) is 6.01. The maximum absolute atomic E-state index is 15.1. The number of hydrogen-bond acceptors (Lipinski definition) is 9. The van der Waals surface area contributed by atoms with E-state index in [1.54, 1.807) is 34.6 Å². The van der Waals surface area contributed by atoms with E-state index >= 15 is 4.79 Å². The average molecular weight is 707 g/mol. The maximum atomic E-state index is 15.1. The van der Waals surface area contributed by atoms with Gasteiger partial charge >= 0.3 is 6.09 Å². The van der Waals surface area contributed by atoms with Crippen LogP contribution in [0.2, 0.25) is 0 Å². The Morgan fingerprint density at radius 3 is 2.18 bits per heavy atom. The van der Waals surface area contributed by atoms with Gasteiger partial charge in [-0.15, -0.1) is 0 Å². The Morgan fingerprint density at radius 1 is 1.04 bits per heavy atom. The zero-order valence-electron chi connectivity index (χ0n) is 31.8. The molecule has 0 spiro atoms. The van der Waals surface area contributed by atoms with Crippen molar-refractivity contribution in [2.75, 3.05) is 12.0 Å². The summed E-state index contributed by atoms with van der Waals surface area (Å²) in [6, 6.07) is 7.20. The molecule has 1 aromatic carbocycles. The molecular weight excluding hydrogens is 644 g/mol. The Kier molecular flexibility index (Phi) is 15.6. The number of imide groups is 1. The summed E-state index contributed by atoms with van der Waals surface area (Å²) in [5.74, 6) is -2.40. The van der Waals surface area contributed by atoms with Crippen molar-refractivity contribution in [2.24, 2.45) is 17.6 Å². The molecule has 1 saturated heterocycles. The van der Waals surface area contributed by atoms with E-state index < -0.39 is 71.1 Å². The molecule has 4 N–H and O–H groups in total. The van der Waals surface area contributed by atoms with Crippen molar-refractivity contribution in [3.8, 4) is 0 Å².